The molecule has 5 heteroatoms. The normalized spacial score (nSPS) is 11.8. The molecule has 1 atom stereocenters. The van der Waals surface area contributed by atoms with Crippen LogP contribution in [0.1, 0.15) is 27.6 Å². The van der Waals surface area contributed by atoms with E-state index in [9.17, 15) is 14.0 Å². The van der Waals surface area contributed by atoms with Gasteiger partial charge in [0.2, 0.25) is 5.78 Å². The number of hydrogen-bond donors (Lipinski definition) is 0. The maximum atomic E-state index is 13.6. The molecule has 0 aliphatic heterocycles. The fourth-order valence-electron chi connectivity index (χ4n) is 1.77. The van der Waals surface area contributed by atoms with Crippen LogP contribution < -0.4 is 0 Å². The second kappa shape index (κ2) is 6.50. The van der Waals surface area contributed by atoms with Crippen molar-refractivity contribution < 1.29 is 18.7 Å². The largest absolute Gasteiger partial charge is 0.451 e. The standard InChI is InChI=1S/C16H12ClFO3/c1-10(15(19)11-5-3-2-4-6-11)21-16(20)13-9-12(17)7-8-14(13)18/h2-10H,1H3. The van der Waals surface area contributed by atoms with E-state index in [4.69, 9.17) is 16.3 Å². The minimum absolute atomic E-state index is 0.213. The number of carbonyl (C=O) groups is 2. The lowest BCUT2D eigenvalue weighted by Gasteiger charge is -2.12. The van der Waals surface area contributed by atoms with Crippen molar-refractivity contribution in [2.24, 2.45) is 0 Å². The Balaban J connectivity index is 2.12. The third-order valence-corrected chi connectivity index (χ3v) is 3.09. The van der Waals surface area contributed by atoms with Crippen LogP contribution in [0.2, 0.25) is 5.02 Å². The Labute approximate surface area is 126 Å². The maximum absolute atomic E-state index is 13.6. The van der Waals surface area contributed by atoms with Gasteiger partial charge in [0.05, 0.1) is 5.56 Å². The Morgan fingerprint density at radius 3 is 2.48 bits per heavy atom. The first-order chi connectivity index (χ1) is 9.99. The molecule has 21 heavy (non-hydrogen) atoms. The summed E-state index contributed by atoms with van der Waals surface area (Å²) >= 11 is 5.71. The molecule has 0 radical (unpaired) electrons. The number of benzene rings is 2. The van der Waals surface area contributed by atoms with Crippen LogP contribution in [0.3, 0.4) is 0 Å². The van der Waals surface area contributed by atoms with Crippen LogP contribution in [0.25, 0.3) is 0 Å². The van der Waals surface area contributed by atoms with Crippen LogP contribution in [0.15, 0.2) is 48.5 Å². The Morgan fingerprint density at radius 1 is 1.14 bits per heavy atom. The van der Waals surface area contributed by atoms with Crippen molar-refractivity contribution in [2.45, 2.75) is 13.0 Å². The quantitative estimate of drug-likeness (QED) is 0.635. The van der Waals surface area contributed by atoms with Crippen molar-refractivity contribution in [3.8, 4) is 0 Å². The highest BCUT2D eigenvalue weighted by molar-refractivity contribution is 6.30. The molecule has 0 N–H and O–H groups in total. The van der Waals surface area contributed by atoms with Crippen LogP contribution in [-0.4, -0.2) is 17.9 Å². The van der Waals surface area contributed by atoms with Gasteiger partial charge in [0, 0.05) is 10.6 Å². The summed E-state index contributed by atoms with van der Waals surface area (Å²) in [4.78, 5) is 24.0. The Hall–Kier alpha value is -2.20. The predicted molar refractivity (Wildman–Crippen MR) is 77.1 cm³/mol. The Morgan fingerprint density at radius 2 is 1.81 bits per heavy atom. The SMILES string of the molecule is CC(OC(=O)c1cc(Cl)ccc1F)C(=O)c1ccccc1. The van der Waals surface area contributed by atoms with Crippen molar-refractivity contribution in [3.05, 3.63) is 70.5 Å². The maximum Gasteiger partial charge on any atom is 0.341 e. The van der Waals surface area contributed by atoms with Gasteiger partial charge >= 0.3 is 5.97 Å². The van der Waals surface area contributed by atoms with E-state index in [1.807, 2.05) is 0 Å². The van der Waals surface area contributed by atoms with Gasteiger partial charge in [0.15, 0.2) is 6.10 Å². The van der Waals surface area contributed by atoms with E-state index in [1.54, 1.807) is 30.3 Å². The van der Waals surface area contributed by atoms with Gasteiger partial charge in [-0.25, -0.2) is 9.18 Å². The lowest BCUT2D eigenvalue weighted by molar-refractivity contribution is 0.0314. The first-order valence-corrected chi connectivity index (χ1v) is 6.62. The summed E-state index contributed by atoms with van der Waals surface area (Å²) in [6.07, 6.45) is -1.02. The molecule has 0 aliphatic rings. The van der Waals surface area contributed by atoms with Gasteiger partial charge in [0.1, 0.15) is 5.82 Å². The molecule has 1 unspecified atom stereocenters. The van der Waals surface area contributed by atoms with E-state index in [-0.39, 0.29) is 16.4 Å². The topological polar surface area (TPSA) is 43.4 Å². The minimum Gasteiger partial charge on any atom is -0.451 e. The fourth-order valence-corrected chi connectivity index (χ4v) is 1.94. The van der Waals surface area contributed by atoms with Gasteiger partial charge in [0.25, 0.3) is 0 Å². The average molecular weight is 307 g/mol. The van der Waals surface area contributed by atoms with E-state index in [2.05, 4.69) is 0 Å². The van der Waals surface area contributed by atoms with Crippen molar-refractivity contribution in [3.63, 3.8) is 0 Å². The zero-order valence-corrected chi connectivity index (χ0v) is 11.9. The van der Waals surface area contributed by atoms with Crippen molar-refractivity contribution >= 4 is 23.4 Å². The highest BCUT2D eigenvalue weighted by Gasteiger charge is 2.22. The second-order valence-corrected chi connectivity index (χ2v) is 4.84. The highest BCUT2D eigenvalue weighted by atomic mass is 35.5. The molecule has 2 rings (SSSR count). The van der Waals surface area contributed by atoms with Crippen LogP contribution in [0.4, 0.5) is 4.39 Å². The lowest BCUT2D eigenvalue weighted by Crippen LogP contribution is -2.24. The molecule has 3 nitrogen and oxygen atoms in total. The molecular formula is C16H12ClFO3. The molecule has 2 aromatic carbocycles. The van der Waals surface area contributed by atoms with Gasteiger partial charge in [-0.05, 0) is 25.1 Å². The summed E-state index contributed by atoms with van der Waals surface area (Å²) in [7, 11) is 0. The van der Waals surface area contributed by atoms with Gasteiger partial charge in [-0.3, -0.25) is 4.79 Å². The first-order valence-electron chi connectivity index (χ1n) is 6.24. The number of rotatable bonds is 4. The summed E-state index contributed by atoms with van der Waals surface area (Å²) in [6.45, 7) is 1.44. The molecular weight excluding hydrogens is 295 g/mol. The molecule has 0 fully saturated rings. The number of carbonyl (C=O) groups excluding carboxylic acids is 2. The molecule has 0 heterocycles. The first kappa shape index (κ1) is 15.2. The van der Waals surface area contributed by atoms with Gasteiger partial charge in [-0.2, -0.15) is 0 Å². The van der Waals surface area contributed by atoms with Crippen molar-refractivity contribution in [1.29, 1.82) is 0 Å². The summed E-state index contributed by atoms with van der Waals surface area (Å²) in [5.74, 6) is -2.03. The Kier molecular flexibility index (Phi) is 4.70. The molecule has 0 saturated heterocycles. The van der Waals surface area contributed by atoms with Crippen LogP contribution in [0.5, 0.6) is 0 Å². The number of hydrogen-bond acceptors (Lipinski definition) is 3. The molecule has 2 aromatic rings. The summed E-state index contributed by atoms with van der Waals surface area (Å²) in [5, 5.41) is 0.213. The molecule has 0 saturated carbocycles. The van der Waals surface area contributed by atoms with E-state index in [0.29, 0.717) is 5.56 Å². The predicted octanol–water partition coefficient (Wildman–Crippen LogP) is 3.91. The molecule has 0 amide bonds. The van der Waals surface area contributed by atoms with Gasteiger partial charge < -0.3 is 4.74 Å². The van der Waals surface area contributed by atoms with E-state index >= 15 is 0 Å². The Bertz CT molecular complexity index is 670. The molecule has 0 aromatic heterocycles. The number of ketones is 1. The van der Waals surface area contributed by atoms with Crippen LogP contribution in [-0.2, 0) is 4.74 Å². The van der Waals surface area contributed by atoms with E-state index in [0.717, 1.165) is 6.07 Å². The fraction of sp³-hybridized carbons (Fsp3) is 0.125. The molecule has 0 spiro atoms. The number of halogens is 2. The smallest absolute Gasteiger partial charge is 0.341 e. The lowest BCUT2D eigenvalue weighted by atomic mass is 10.1. The third kappa shape index (κ3) is 3.67. The van der Waals surface area contributed by atoms with Gasteiger partial charge in [-0.15, -0.1) is 0 Å². The molecule has 108 valence electrons. The zero-order chi connectivity index (χ0) is 15.4. The number of ether oxygens (including phenoxy) is 1. The van der Waals surface area contributed by atoms with Crippen LogP contribution in [0, 0.1) is 5.82 Å². The average Bonchev–Trinajstić information content (AvgIpc) is 2.49. The zero-order valence-electron chi connectivity index (χ0n) is 11.2. The van der Waals surface area contributed by atoms with Crippen LogP contribution >= 0.6 is 11.6 Å². The second-order valence-electron chi connectivity index (χ2n) is 4.40. The molecule has 0 bridgehead atoms. The van der Waals surface area contributed by atoms with Crippen molar-refractivity contribution in [2.75, 3.05) is 0 Å². The molecule has 0 aliphatic carbocycles. The third-order valence-electron chi connectivity index (χ3n) is 2.86. The summed E-state index contributed by atoms with van der Waals surface area (Å²) in [5.41, 5.74) is 0.125. The minimum atomic E-state index is -1.02. The summed E-state index contributed by atoms with van der Waals surface area (Å²) < 4.78 is 18.6. The van der Waals surface area contributed by atoms with E-state index in [1.165, 1.54) is 19.1 Å². The number of esters is 1. The van der Waals surface area contributed by atoms with Gasteiger partial charge in [-0.1, -0.05) is 41.9 Å². The van der Waals surface area contributed by atoms with E-state index < -0.39 is 17.9 Å². The number of Topliss-reactive ketones (excluding diaryl/α,β-unsaturated/α-hetero) is 1. The highest BCUT2D eigenvalue weighted by Crippen LogP contribution is 2.17. The monoisotopic (exact) mass is 306 g/mol. The van der Waals surface area contributed by atoms with Crippen molar-refractivity contribution in [1.82, 2.24) is 0 Å². The summed E-state index contributed by atoms with van der Waals surface area (Å²) in [6, 6.07) is 12.0.